The Hall–Kier alpha value is -4.06. The van der Waals surface area contributed by atoms with Crippen LogP contribution in [0.25, 0.3) is 0 Å². The second kappa shape index (κ2) is 19.3. The van der Waals surface area contributed by atoms with E-state index < -0.39 is 48.3 Å². The van der Waals surface area contributed by atoms with Crippen LogP contribution in [0.3, 0.4) is 0 Å². The van der Waals surface area contributed by atoms with Gasteiger partial charge in [0, 0.05) is 36.9 Å². The Bertz CT molecular complexity index is 1050. The highest BCUT2D eigenvalue weighted by molar-refractivity contribution is 5.83. The molecule has 4 heterocycles. The van der Waals surface area contributed by atoms with Crippen LogP contribution < -0.4 is 0 Å². The van der Waals surface area contributed by atoms with Gasteiger partial charge in [0.05, 0.1) is 0 Å². The molecular formula is C28H40N4O12. The van der Waals surface area contributed by atoms with Gasteiger partial charge in [0.25, 0.3) is 0 Å². The molecule has 2 fully saturated rings. The lowest BCUT2D eigenvalue weighted by Crippen LogP contribution is -2.39. The Balaban J connectivity index is 0.000000295. The maximum Gasteiger partial charge on any atom is 0.335 e. The van der Waals surface area contributed by atoms with E-state index in [1.807, 2.05) is 36.9 Å². The maximum absolute atomic E-state index is 9.77. The molecule has 16 heteroatoms. The molecule has 0 bridgehead atoms. The highest BCUT2D eigenvalue weighted by atomic mass is 16.4. The topological polar surface area (TPSA) is 262 Å². The molecule has 0 saturated carbocycles. The molecule has 2 aliphatic rings. The molecule has 2 saturated heterocycles. The van der Waals surface area contributed by atoms with E-state index in [1.54, 1.807) is 0 Å². The Morgan fingerprint density at radius 2 is 0.932 bits per heavy atom. The number of rotatable bonds is 8. The van der Waals surface area contributed by atoms with E-state index in [9.17, 15) is 19.2 Å². The third-order valence-electron chi connectivity index (χ3n) is 6.79. The van der Waals surface area contributed by atoms with Crippen molar-refractivity contribution in [3.63, 3.8) is 0 Å². The van der Waals surface area contributed by atoms with E-state index in [1.165, 1.54) is 49.9 Å². The highest BCUT2D eigenvalue weighted by Gasteiger charge is 2.30. The minimum Gasteiger partial charge on any atom is -0.479 e. The van der Waals surface area contributed by atoms with Crippen molar-refractivity contribution >= 4 is 23.9 Å². The van der Waals surface area contributed by atoms with Crippen molar-refractivity contribution in [3.8, 4) is 0 Å². The number of aliphatic hydroxyl groups is 4. The van der Waals surface area contributed by atoms with Gasteiger partial charge in [-0.3, -0.25) is 19.8 Å². The summed E-state index contributed by atoms with van der Waals surface area (Å²) in [6, 6.07) is 9.58. The molecule has 44 heavy (non-hydrogen) atoms. The summed E-state index contributed by atoms with van der Waals surface area (Å²) in [7, 11) is 4.37. The molecule has 4 rings (SSSR count). The van der Waals surface area contributed by atoms with Gasteiger partial charge in [-0.05, 0) is 76.1 Å². The van der Waals surface area contributed by atoms with Gasteiger partial charge < -0.3 is 40.9 Å². The van der Waals surface area contributed by atoms with Crippen molar-refractivity contribution in [3.05, 3.63) is 60.2 Å². The molecule has 6 unspecified atom stereocenters. The predicted molar refractivity (Wildman–Crippen MR) is 152 cm³/mol. The molecule has 0 radical (unpaired) electrons. The number of carbonyl (C=O) groups is 4. The molecular weight excluding hydrogens is 584 g/mol. The van der Waals surface area contributed by atoms with Gasteiger partial charge in [0.15, 0.2) is 24.4 Å². The van der Waals surface area contributed by atoms with Gasteiger partial charge >= 0.3 is 23.9 Å². The standard InChI is InChI=1S/2C10H14N2.2C4H6O6/c2*1-12-7-3-5-10(12)9-4-2-6-11-8-9;2*5-1(3(7)8)2(6)4(9)10/h2*2,4,6,8,10H,3,5,7H2,1H3;2*1-2,5-6H,(H,7,8)(H,9,10). The zero-order chi connectivity index (χ0) is 33.4. The highest BCUT2D eigenvalue weighted by Crippen LogP contribution is 2.30. The van der Waals surface area contributed by atoms with E-state index in [0.717, 1.165) is 0 Å². The number of carboxylic acid groups (broad SMARTS) is 4. The second-order valence-corrected chi connectivity index (χ2v) is 9.98. The first kappa shape index (κ1) is 38.0. The fourth-order valence-corrected chi connectivity index (χ4v) is 4.35. The van der Waals surface area contributed by atoms with Crippen molar-refractivity contribution < 1.29 is 60.0 Å². The summed E-state index contributed by atoms with van der Waals surface area (Å²) in [4.78, 5) is 52.2. The molecule has 0 aliphatic carbocycles. The molecule has 0 amide bonds. The Morgan fingerprint density at radius 1 is 0.636 bits per heavy atom. The molecule has 0 aromatic carbocycles. The molecule has 2 aliphatic heterocycles. The molecule has 16 nitrogen and oxygen atoms in total. The number of aromatic nitrogens is 2. The van der Waals surface area contributed by atoms with Crippen LogP contribution in [0.5, 0.6) is 0 Å². The summed E-state index contributed by atoms with van der Waals surface area (Å²) in [5.74, 6) is -7.07. The first-order valence-electron chi connectivity index (χ1n) is 13.5. The largest absolute Gasteiger partial charge is 0.479 e. The van der Waals surface area contributed by atoms with Crippen molar-refractivity contribution in [2.75, 3.05) is 27.2 Å². The van der Waals surface area contributed by atoms with Crippen molar-refractivity contribution in [2.45, 2.75) is 62.2 Å². The molecule has 244 valence electrons. The summed E-state index contributed by atoms with van der Waals surface area (Å²) in [5.41, 5.74) is 2.72. The average molecular weight is 625 g/mol. The van der Waals surface area contributed by atoms with Gasteiger partial charge in [0.1, 0.15) is 0 Å². The van der Waals surface area contributed by atoms with Crippen LogP contribution in [0.4, 0.5) is 0 Å². The lowest BCUT2D eigenvalue weighted by atomic mass is 10.1. The maximum atomic E-state index is 9.77. The Kier molecular flexibility index (Phi) is 16.6. The number of nitrogens with zero attached hydrogens (tertiary/aromatic N) is 4. The average Bonchev–Trinajstić information content (AvgIpc) is 3.64. The summed E-state index contributed by atoms with van der Waals surface area (Å²) < 4.78 is 0. The fraction of sp³-hybridized carbons (Fsp3) is 0.500. The summed E-state index contributed by atoms with van der Waals surface area (Å²) in [6.07, 6.45) is 3.75. The molecule has 2 aromatic heterocycles. The molecule has 0 spiro atoms. The first-order chi connectivity index (χ1) is 20.7. The zero-order valence-electron chi connectivity index (χ0n) is 24.3. The van der Waals surface area contributed by atoms with Crippen molar-refractivity contribution in [1.82, 2.24) is 19.8 Å². The monoisotopic (exact) mass is 624 g/mol. The van der Waals surface area contributed by atoms with E-state index in [0.29, 0.717) is 12.1 Å². The third-order valence-corrected chi connectivity index (χ3v) is 6.79. The number of likely N-dealkylation sites (tertiary alicyclic amines) is 2. The number of hydrogen-bond acceptors (Lipinski definition) is 12. The second-order valence-electron chi connectivity index (χ2n) is 9.98. The van der Waals surface area contributed by atoms with Gasteiger partial charge in [-0.25, -0.2) is 19.2 Å². The predicted octanol–water partition coefficient (Wildman–Crippen LogP) is -0.549. The fourth-order valence-electron chi connectivity index (χ4n) is 4.35. The summed E-state index contributed by atoms with van der Waals surface area (Å²) >= 11 is 0. The van der Waals surface area contributed by atoms with Crippen LogP contribution in [-0.2, 0) is 19.2 Å². The molecule has 8 N–H and O–H groups in total. The lowest BCUT2D eigenvalue weighted by molar-refractivity contribution is -0.165. The SMILES string of the molecule is CN1CCCC1c1cccnc1.CN1CCCC1c1cccnc1.O=C(O)C(O)C(O)C(=O)O.O=C(O)C(O)C(O)C(=O)O. The number of aliphatic hydroxyl groups excluding tert-OH is 4. The van der Waals surface area contributed by atoms with Crippen LogP contribution in [0.2, 0.25) is 0 Å². The van der Waals surface area contributed by atoms with Crippen LogP contribution in [0.15, 0.2) is 49.1 Å². The van der Waals surface area contributed by atoms with E-state index in [-0.39, 0.29) is 0 Å². The van der Waals surface area contributed by atoms with Crippen LogP contribution in [0.1, 0.15) is 48.9 Å². The van der Waals surface area contributed by atoms with Crippen molar-refractivity contribution in [2.24, 2.45) is 0 Å². The minimum atomic E-state index is -2.27. The number of pyridine rings is 2. The van der Waals surface area contributed by atoms with Crippen LogP contribution >= 0.6 is 0 Å². The van der Waals surface area contributed by atoms with Crippen LogP contribution in [-0.4, -0.2) is 136 Å². The number of hydrogen-bond donors (Lipinski definition) is 8. The van der Waals surface area contributed by atoms with Gasteiger partial charge in [-0.2, -0.15) is 0 Å². The summed E-state index contributed by atoms with van der Waals surface area (Å²) in [6.45, 7) is 2.44. The van der Waals surface area contributed by atoms with E-state index in [4.69, 9.17) is 40.9 Å². The van der Waals surface area contributed by atoms with Gasteiger partial charge in [-0.15, -0.1) is 0 Å². The number of aliphatic carboxylic acids is 4. The smallest absolute Gasteiger partial charge is 0.335 e. The zero-order valence-corrected chi connectivity index (χ0v) is 24.3. The Morgan fingerprint density at radius 3 is 1.11 bits per heavy atom. The van der Waals surface area contributed by atoms with E-state index >= 15 is 0 Å². The van der Waals surface area contributed by atoms with Crippen LogP contribution in [0, 0.1) is 0 Å². The van der Waals surface area contributed by atoms with Gasteiger partial charge in [-0.1, -0.05) is 12.1 Å². The lowest BCUT2D eigenvalue weighted by Gasteiger charge is -2.18. The Labute approximate surface area is 253 Å². The quantitative estimate of drug-likeness (QED) is 0.183. The first-order valence-corrected chi connectivity index (χ1v) is 13.5. The third kappa shape index (κ3) is 12.7. The molecule has 2 aromatic rings. The summed E-state index contributed by atoms with van der Waals surface area (Å²) in [5, 5.41) is 65.1. The minimum absolute atomic E-state index is 0.610. The molecule has 6 atom stereocenters. The number of carboxylic acids is 4. The van der Waals surface area contributed by atoms with E-state index in [2.05, 4.69) is 46.0 Å². The van der Waals surface area contributed by atoms with Gasteiger partial charge in [0.2, 0.25) is 0 Å². The normalized spacial score (nSPS) is 20.6. The van der Waals surface area contributed by atoms with Crippen molar-refractivity contribution in [1.29, 1.82) is 0 Å².